The van der Waals surface area contributed by atoms with E-state index in [4.69, 9.17) is 9.47 Å². The number of rotatable bonds is 1. The van der Waals surface area contributed by atoms with Crippen LogP contribution in [0.1, 0.15) is 50.7 Å². The van der Waals surface area contributed by atoms with Crippen LogP contribution >= 0.6 is 0 Å². The molecule has 2 aliphatic heterocycles. The van der Waals surface area contributed by atoms with E-state index in [-0.39, 0.29) is 22.7 Å². The summed E-state index contributed by atoms with van der Waals surface area (Å²) in [7, 11) is -2.97. The van der Waals surface area contributed by atoms with E-state index in [0.717, 1.165) is 16.7 Å². The van der Waals surface area contributed by atoms with Gasteiger partial charge in [-0.15, -0.1) is 0 Å². The van der Waals surface area contributed by atoms with Gasteiger partial charge in [0, 0.05) is 5.56 Å². The van der Waals surface area contributed by atoms with Crippen molar-refractivity contribution in [3.05, 3.63) is 34.9 Å². The maximum Gasteiger partial charge on any atom is 0.185 e. The third-order valence-corrected chi connectivity index (χ3v) is 6.01. The van der Waals surface area contributed by atoms with Crippen molar-refractivity contribution in [2.75, 3.05) is 0 Å². The molecule has 0 N–H and O–H groups in total. The summed E-state index contributed by atoms with van der Waals surface area (Å²) in [5, 5.41) is 0. The normalized spacial score (nSPS) is 26.6. The van der Waals surface area contributed by atoms with Crippen LogP contribution in [-0.4, -0.2) is 19.6 Å². The topological polar surface area (TPSA) is 52.6 Å². The lowest BCUT2D eigenvalue weighted by Crippen LogP contribution is -2.41. The molecule has 0 atom stereocenters. The molecule has 5 heteroatoms. The Hall–Kier alpha value is -0.910. The van der Waals surface area contributed by atoms with Gasteiger partial charge in [0.2, 0.25) is 0 Å². The van der Waals surface area contributed by atoms with Crippen LogP contribution in [0, 0.1) is 0 Å². The van der Waals surface area contributed by atoms with Gasteiger partial charge in [-0.1, -0.05) is 12.1 Å². The van der Waals surface area contributed by atoms with E-state index in [0.29, 0.717) is 0 Å². The molecule has 1 aromatic carbocycles. The number of hydrogen-bond donors (Lipinski definition) is 0. The Labute approximate surface area is 120 Å². The smallest absolute Gasteiger partial charge is 0.185 e. The van der Waals surface area contributed by atoms with Gasteiger partial charge in [0.15, 0.2) is 16.1 Å². The number of sulfone groups is 1. The first kappa shape index (κ1) is 14.0. The summed E-state index contributed by atoms with van der Waals surface area (Å²) in [6, 6.07) is 5.68. The first-order valence-electron chi connectivity index (χ1n) is 6.77. The van der Waals surface area contributed by atoms with E-state index < -0.39 is 16.1 Å². The van der Waals surface area contributed by atoms with Crippen molar-refractivity contribution in [2.24, 2.45) is 0 Å². The van der Waals surface area contributed by atoms with E-state index in [1.165, 1.54) is 0 Å². The molecule has 1 saturated heterocycles. The van der Waals surface area contributed by atoms with Crippen LogP contribution in [0.15, 0.2) is 18.2 Å². The van der Waals surface area contributed by atoms with Crippen molar-refractivity contribution in [3.8, 4) is 0 Å². The second-order valence-electron chi connectivity index (χ2n) is 6.65. The third kappa shape index (κ3) is 2.18. The van der Waals surface area contributed by atoms with Crippen LogP contribution in [0.5, 0.6) is 0 Å². The zero-order valence-electron chi connectivity index (χ0n) is 12.3. The van der Waals surface area contributed by atoms with E-state index in [1.807, 2.05) is 45.9 Å². The van der Waals surface area contributed by atoms with Gasteiger partial charge in [0.1, 0.15) is 0 Å². The SMILES string of the molecule is CC1(C)OC(c2ccc3c(c2)CS(=O)(=O)C3)OC1(C)C. The van der Waals surface area contributed by atoms with Crippen LogP contribution in [0.3, 0.4) is 0 Å². The van der Waals surface area contributed by atoms with Crippen molar-refractivity contribution in [1.29, 1.82) is 0 Å². The number of benzene rings is 1. The third-order valence-electron chi connectivity index (χ3n) is 4.51. The number of hydrogen-bond acceptors (Lipinski definition) is 4. The van der Waals surface area contributed by atoms with Gasteiger partial charge >= 0.3 is 0 Å². The second-order valence-corrected chi connectivity index (χ2v) is 8.71. The van der Waals surface area contributed by atoms with Gasteiger partial charge in [0.25, 0.3) is 0 Å². The predicted molar refractivity (Wildman–Crippen MR) is 75.8 cm³/mol. The Morgan fingerprint density at radius 1 is 1.00 bits per heavy atom. The number of ether oxygens (including phenoxy) is 2. The first-order valence-corrected chi connectivity index (χ1v) is 8.60. The molecule has 0 bridgehead atoms. The highest BCUT2D eigenvalue weighted by Crippen LogP contribution is 2.45. The molecule has 4 nitrogen and oxygen atoms in total. The molecule has 0 aliphatic carbocycles. The highest BCUT2D eigenvalue weighted by Gasteiger charge is 2.49. The minimum atomic E-state index is -2.97. The fourth-order valence-electron chi connectivity index (χ4n) is 2.57. The lowest BCUT2D eigenvalue weighted by atomic mass is 9.90. The van der Waals surface area contributed by atoms with Crippen LogP contribution in [0.2, 0.25) is 0 Å². The van der Waals surface area contributed by atoms with E-state index >= 15 is 0 Å². The summed E-state index contributed by atoms with van der Waals surface area (Å²) in [6.07, 6.45) is -0.436. The summed E-state index contributed by atoms with van der Waals surface area (Å²) in [5.74, 6) is 0.266. The van der Waals surface area contributed by atoms with E-state index in [1.54, 1.807) is 0 Å². The predicted octanol–water partition coefficient (Wildman–Crippen LogP) is 2.72. The van der Waals surface area contributed by atoms with Crippen LogP contribution in [-0.2, 0) is 30.8 Å². The van der Waals surface area contributed by atoms with Crippen molar-refractivity contribution in [1.82, 2.24) is 0 Å². The molecular formula is C15H20O4S. The summed E-state index contributed by atoms with van der Waals surface area (Å²) >= 11 is 0. The molecule has 0 unspecified atom stereocenters. The van der Waals surface area contributed by atoms with Crippen LogP contribution in [0.4, 0.5) is 0 Å². The molecule has 20 heavy (non-hydrogen) atoms. The highest BCUT2D eigenvalue weighted by molar-refractivity contribution is 7.90. The maximum absolute atomic E-state index is 11.7. The average Bonchev–Trinajstić information content (AvgIpc) is 2.69. The minimum absolute atomic E-state index is 0.121. The molecule has 0 amide bonds. The maximum atomic E-state index is 11.7. The van der Waals surface area contributed by atoms with Crippen molar-refractivity contribution in [2.45, 2.75) is 56.7 Å². The minimum Gasteiger partial charge on any atom is -0.339 e. The first-order chi connectivity index (χ1) is 9.10. The van der Waals surface area contributed by atoms with E-state index in [2.05, 4.69) is 0 Å². The molecule has 1 fully saturated rings. The largest absolute Gasteiger partial charge is 0.339 e. The molecule has 0 saturated carbocycles. The molecular weight excluding hydrogens is 276 g/mol. The molecule has 3 rings (SSSR count). The van der Waals surface area contributed by atoms with E-state index in [9.17, 15) is 8.42 Å². The van der Waals surface area contributed by atoms with Crippen molar-refractivity contribution in [3.63, 3.8) is 0 Å². The van der Waals surface area contributed by atoms with Crippen LogP contribution < -0.4 is 0 Å². The Kier molecular flexibility index (Phi) is 2.85. The standard InChI is InChI=1S/C15H20O4S/c1-14(2)15(3,4)19-13(18-14)10-5-6-11-8-20(16,17)9-12(11)7-10/h5-7,13H,8-9H2,1-4H3. The monoisotopic (exact) mass is 296 g/mol. The molecule has 0 spiro atoms. The Morgan fingerprint density at radius 2 is 1.55 bits per heavy atom. The van der Waals surface area contributed by atoms with Crippen molar-refractivity contribution >= 4 is 9.84 Å². The molecule has 2 heterocycles. The zero-order valence-corrected chi connectivity index (χ0v) is 13.1. The quantitative estimate of drug-likeness (QED) is 0.799. The van der Waals surface area contributed by atoms with Gasteiger partial charge in [-0.3, -0.25) is 0 Å². The lowest BCUT2D eigenvalue weighted by Gasteiger charge is -2.30. The molecule has 0 aromatic heterocycles. The average molecular weight is 296 g/mol. The summed E-state index contributed by atoms with van der Waals surface area (Å²) in [6.45, 7) is 8.02. The zero-order chi connectivity index (χ0) is 14.8. The van der Waals surface area contributed by atoms with Gasteiger partial charge in [-0.05, 0) is 44.9 Å². The summed E-state index contributed by atoms with van der Waals surface area (Å²) in [5.41, 5.74) is 1.88. The second kappa shape index (κ2) is 4.06. The van der Waals surface area contributed by atoms with Gasteiger partial charge in [-0.25, -0.2) is 8.42 Å². The summed E-state index contributed by atoms with van der Waals surface area (Å²) < 4.78 is 35.3. The fourth-order valence-corrected chi connectivity index (χ4v) is 4.17. The number of fused-ring (bicyclic) bond motifs is 1. The Morgan fingerprint density at radius 3 is 2.15 bits per heavy atom. The lowest BCUT2D eigenvalue weighted by molar-refractivity contribution is -0.0896. The van der Waals surface area contributed by atoms with Gasteiger partial charge in [0.05, 0.1) is 22.7 Å². The van der Waals surface area contributed by atoms with Crippen LogP contribution in [0.25, 0.3) is 0 Å². The molecule has 0 radical (unpaired) electrons. The molecule has 2 aliphatic rings. The molecule has 1 aromatic rings. The fraction of sp³-hybridized carbons (Fsp3) is 0.600. The summed E-state index contributed by atoms with van der Waals surface area (Å²) in [4.78, 5) is 0. The highest BCUT2D eigenvalue weighted by atomic mass is 32.2. The van der Waals surface area contributed by atoms with Gasteiger partial charge in [-0.2, -0.15) is 0 Å². The molecule has 110 valence electrons. The Bertz CT molecular complexity index is 642. The Balaban J connectivity index is 1.92. The van der Waals surface area contributed by atoms with Gasteiger partial charge < -0.3 is 9.47 Å². The van der Waals surface area contributed by atoms with Crippen molar-refractivity contribution < 1.29 is 17.9 Å².